The first-order chi connectivity index (χ1) is 8.45. The van der Waals surface area contributed by atoms with E-state index in [2.05, 4.69) is 5.32 Å². The first-order valence-electron chi connectivity index (χ1n) is 6.01. The molecule has 2 atom stereocenters. The average Bonchev–Trinajstić information content (AvgIpc) is 2.34. The summed E-state index contributed by atoms with van der Waals surface area (Å²) >= 11 is 0. The van der Waals surface area contributed by atoms with Gasteiger partial charge in [-0.2, -0.15) is 0 Å². The average molecular weight is 257 g/mol. The quantitative estimate of drug-likeness (QED) is 0.644. The van der Waals surface area contributed by atoms with Crippen LogP contribution in [0.4, 0.5) is 4.79 Å². The second-order valence-corrected chi connectivity index (χ2v) is 4.47. The molecule has 0 aromatic rings. The summed E-state index contributed by atoms with van der Waals surface area (Å²) in [6.07, 6.45) is 2.14. The number of hydrogen-bond acceptors (Lipinski definition) is 3. The molecule has 1 aliphatic heterocycles. The minimum atomic E-state index is -1.01. The molecule has 0 radical (unpaired) electrons. The number of nitrogens with one attached hydrogen (secondary N) is 1. The Balaban J connectivity index is 2.64. The normalized spacial score (nSPS) is 23.5. The zero-order valence-corrected chi connectivity index (χ0v) is 10.4. The molecular formula is C11H19N3O4. The fourth-order valence-corrected chi connectivity index (χ4v) is 2.15. The van der Waals surface area contributed by atoms with Gasteiger partial charge in [0, 0.05) is 6.54 Å². The van der Waals surface area contributed by atoms with Crippen LogP contribution in [0.25, 0.3) is 0 Å². The zero-order valence-electron chi connectivity index (χ0n) is 10.4. The number of carbonyl (C=O) groups is 3. The lowest BCUT2D eigenvalue weighted by Gasteiger charge is -2.36. The number of likely N-dealkylation sites (tertiary alicyclic amines) is 1. The number of aliphatic carboxylic acids is 1. The predicted molar refractivity (Wildman–Crippen MR) is 63.7 cm³/mol. The van der Waals surface area contributed by atoms with Crippen LogP contribution in [0.3, 0.4) is 0 Å². The number of piperidine rings is 1. The Labute approximate surface area is 105 Å². The molecule has 7 heteroatoms. The maximum atomic E-state index is 11.8. The number of primary amides is 1. The summed E-state index contributed by atoms with van der Waals surface area (Å²) in [4.78, 5) is 34.7. The van der Waals surface area contributed by atoms with E-state index in [1.54, 1.807) is 0 Å². The van der Waals surface area contributed by atoms with Crippen LogP contribution in [-0.4, -0.2) is 47.0 Å². The summed E-state index contributed by atoms with van der Waals surface area (Å²) in [6.45, 7) is 2.12. The van der Waals surface area contributed by atoms with E-state index in [9.17, 15) is 14.4 Å². The largest absolute Gasteiger partial charge is 0.480 e. The number of carboxylic acids is 1. The molecular weight excluding hydrogens is 238 g/mol. The van der Waals surface area contributed by atoms with Crippen LogP contribution in [0, 0.1) is 5.92 Å². The van der Waals surface area contributed by atoms with Gasteiger partial charge in [0.1, 0.15) is 6.04 Å². The molecule has 0 aromatic heterocycles. The first kappa shape index (κ1) is 14.3. The van der Waals surface area contributed by atoms with E-state index in [0.29, 0.717) is 18.9 Å². The lowest BCUT2D eigenvalue weighted by molar-refractivity contribution is -0.144. The number of nitrogens with two attached hydrogens (primary N) is 1. The topological polar surface area (TPSA) is 113 Å². The van der Waals surface area contributed by atoms with Crippen LogP contribution in [0.5, 0.6) is 0 Å². The summed E-state index contributed by atoms with van der Waals surface area (Å²) in [5, 5.41) is 11.5. The highest BCUT2D eigenvalue weighted by Gasteiger charge is 2.35. The molecule has 7 nitrogen and oxygen atoms in total. The van der Waals surface area contributed by atoms with Crippen molar-refractivity contribution in [1.29, 1.82) is 0 Å². The van der Waals surface area contributed by atoms with Crippen molar-refractivity contribution in [2.24, 2.45) is 11.7 Å². The number of carbonyl (C=O) groups excluding carboxylic acids is 2. The molecule has 18 heavy (non-hydrogen) atoms. The Bertz CT molecular complexity index is 345. The van der Waals surface area contributed by atoms with Crippen LogP contribution >= 0.6 is 0 Å². The van der Waals surface area contributed by atoms with Crippen LogP contribution in [0.1, 0.15) is 26.2 Å². The third kappa shape index (κ3) is 3.61. The van der Waals surface area contributed by atoms with E-state index in [1.807, 2.05) is 6.92 Å². The molecule has 0 spiro atoms. The van der Waals surface area contributed by atoms with Gasteiger partial charge in [-0.05, 0) is 18.8 Å². The molecule has 1 saturated heterocycles. The number of hydrogen-bond donors (Lipinski definition) is 3. The summed E-state index contributed by atoms with van der Waals surface area (Å²) in [5.74, 6) is -1.34. The van der Waals surface area contributed by atoms with Gasteiger partial charge in [0.2, 0.25) is 5.91 Å². The van der Waals surface area contributed by atoms with Crippen molar-refractivity contribution in [3.05, 3.63) is 0 Å². The smallest absolute Gasteiger partial charge is 0.326 e. The molecule has 1 rings (SSSR count). The highest BCUT2D eigenvalue weighted by atomic mass is 16.4. The van der Waals surface area contributed by atoms with Crippen molar-refractivity contribution in [1.82, 2.24) is 10.2 Å². The van der Waals surface area contributed by atoms with Crippen LogP contribution < -0.4 is 11.1 Å². The van der Waals surface area contributed by atoms with Gasteiger partial charge >= 0.3 is 12.0 Å². The summed E-state index contributed by atoms with van der Waals surface area (Å²) in [7, 11) is 0. The molecule has 1 aliphatic rings. The van der Waals surface area contributed by atoms with E-state index < -0.39 is 23.9 Å². The number of carboxylic acid groups (broad SMARTS) is 1. The van der Waals surface area contributed by atoms with E-state index in [0.717, 1.165) is 12.8 Å². The highest BCUT2D eigenvalue weighted by molar-refractivity contribution is 5.86. The number of urea groups is 1. The number of rotatable bonds is 4. The third-order valence-corrected chi connectivity index (χ3v) is 3.25. The molecule has 102 valence electrons. The number of nitrogens with zero attached hydrogens (tertiary/aromatic N) is 1. The van der Waals surface area contributed by atoms with Crippen molar-refractivity contribution < 1.29 is 19.5 Å². The molecule has 0 aromatic carbocycles. The van der Waals surface area contributed by atoms with Gasteiger partial charge < -0.3 is 21.1 Å². The maximum absolute atomic E-state index is 11.8. The standard InChI is InChI=1S/C11H19N3O4/c1-2-7-3-4-14(8(5-7)10(16)17)11(18)13-6-9(12)15/h7-8H,2-6H2,1H3,(H2,12,15)(H,13,18)(H,16,17). The van der Waals surface area contributed by atoms with Gasteiger partial charge in [-0.15, -0.1) is 0 Å². The van der Waals surface area contributed by atoms with E-state index >= 15 is 0 Å². The van der Waals surface area contributed by atoms with Crippen LogP contribution in [0.15, 0.2) is 0 Å². The van der Waals surface area contributed by atoms with Crippen LogP contribution in [-0.2, 0) is 9.59 Å². The van der Waals surface area contributed by atoms with E-state index in [4.69, 9.17) is 10.8 Å². The van der Waals surface area contributed by atoms with Gasteiger partial charge in [-0.1, -0.05) is 13.3 Å². The maximum Gasteiger partial charge on any atom is 0.326 e. The number of amides is 3. The van der Waals surface area contributed by atoms with Gasteiger partial charge in [0.15, 0.2) is 0 Å². The molecule has 0 saturated carbocycles. The minimum absolute atomic E-state index is 0.279. The predicted octanol–water partition coefficient (Wildman–Crippen LogP) is -0.243. The Morgan fingerprint density at radius 3 is 2.61 bits per heavy atom. The fraction of sp³-hybridized carbons (Fsp3) is 0.727. The Morgan fingerprint density at radius 1 is 1.44 bits per heavy atom. The molecule has 1 fully saturated rings. The second-order valence-electron chi connectivity index (χ2n) is 4.47. The molecule has 0 aliphatic carbocycles. The third-order valence-electron chi connectivity index (χ3n) is 3.25. The van der Waals surface area contributed by atoms with Crippen molar-refractivity contribution in [3.63, 3.8) is 0 Å². The second kappa shape index (κ2) is 6.23. The van der Waals surface area contributed by atoms with Crippen molar-refractivity contribution in [2.45, 2.75) is 32.2 Å². The van der Waals surface area contributed by atoms with Crippen molar-refractivity contribution in [2.75, 3.05) is 13.1 Å². The van der Waals surface area contributed by atoms with Crippen molar-refractivity contribution in [3.8, 4) is 0 Å². The van der Waals surface area contributed by atoms with Gasteiger partial charge in [0.05, 0.1) is 6.54 Å². The molecule has 3 amide bonds. The Kier molecular flexibility index (Phi) is 4.94. The lowest BCUT2D eigenvalue weighted by Crippen LogP contribution is -2.54. The molecule has 2 unspecified atom stereocenters. The van der Waals surface area contributed by atoms with Crippen molar-refractivity contribution >= 4 is 17.9 Å². The van der Waals surface area contributed by atoms with Gasteiger partial charge in [-0.3, -0.25) is 4.79 Å². The fourth-order valence-electron chi connectivity index (χ4n) is 2.15. The van der Waals surface area contributed by atoms with Gasteiger partial charge in [-0.25, -0.2) is 9.59 Å². The van der Waals surface area contributed by atoms with E-state index in [-0.39, 0.29) is 6.54 Å². The monoisotopic (exact) mass is 257 g/mol. The summed E-state index contributed by atoms with van der Waals surface area (Å²) in [5.41, 5.74) is 4.92. The lowest BCUT2D eigenvalue weighted by atomic mass is 9.89. The van der Waals surface area contributed by atoms with Gasteiger partial charge in [0.25, 0.3) is 0 Å². The Hall–Kier alpha value is -1.79. The zero-order chi connectivity index (χ0) is 13.7. The Morgan fingerprint density at radius 2 is 2.11 bits per heavy atom. The molecule has 4 N–H and O–H groups in total. The minimum Gasteiger partial charge on any atom is -0.480 e. The summed E-state index contributed by atoms with van der Waals surface area (Å²) in [6, 6.07) is -1.37. The molecule has 0 bridgehead atoms. The molecule has 1 heterocycles. The highest BCUT2D eigenvalue weighted by Crippen LogP contribution is 2.25. The van der Waals surface area contributed by atoms with Crippen LogP contribution in [0.2, 0.25) is 0 Å². The SMILES string of the molecule is CCC1CCN(C(=O)NCC(N)=O)C(C(=O)O)C1. The van der Waals surface area contributed by atoms with E-state index in [1.165, 1.54) is 4.90 Å². The summed E-state index contributed by atoms with van der Waals surface area (Å²) < 4.78 is 0. The first-order valence-corrected chi connectivity index (χ1v) is 6.01.